The van der Waals surface area contributed by atoms with Crippen LogP contribution in [0.3, 0.4) is 0 Å². The Bertz CT molecular complexity index is 1020. The molecule has 0 unspecified atom stereocenters. The van der Waals surface area contributed by atoms with Gasteiger partial charge in [-0.1, -0.05) is 31.2 Å². The smallest absolute Gasteiger partial charge is 0.228 e. The number of H-pyrrole nitrogens is 1. The number of amides is 1. The molecule has 0 spiro atoms. The summed E-state index contributed by atoms with van der Waals surface area (Å²) in [5.41, 5.74) is 5.62. The van der Waals surface area contributed by atoms with Gasteiger partial charge in [-0.25, -0.2) is 0 Å². The summed E-state index contributed by atoms with van der Waals surface area (Å²) >= 11 is 0. The van der Waals surface area contributed by atoms with E-state index in [0.29, 0.717) is 0 Å². The van der Waals surface area contributed by atoms with Gasteiger partial charge in [0, 0.05) is 24.3 Å². The van der Waals surface area contributed by atoms with E-state index in [1.54, 1.807) is 7.11 Å². The van der Waals surface area contributed by atoms with Gasteiger partial charge in [-0.2, -0.15) is 5.10 Å². The first-order valence-electron chi connectivity index (χ1n) is 11.0. The van der Waals surface area contributed by atoms with E-state index in [-0.39, 0.29) is 12.3 Å². The second-order valence-corrected chi connectivity index (χ2v) is 7.95. The summed E-state index contributed by atoms with van der Waals surface area (Å²) in [4.78, 5) is 15.2. The highest BCUT2D eigenvalue weighted by atomic mass is 16.5. The fraction of sp³-hybridized carbons (Fsp3) is 0.360. The maximum Gasteiger partial charge on any atom is 0.228 e. The zero-order chi connectivity index (χ0) is 21.6. The molecule has 1 fully saturated rings. The Labute approximate surface area is 183 Å². The molecule has 0 atom stereocenters. The maximum atomic E-state index is 12.8. The number of nitrogens with zero attached hydrogens (tertiary/aromatic N) is 2. The molecule has 6 nitrogen and oxygen atoms in total. The minimum Gasteiger partial charge on any atom is -0.497 e. The molecular weight excluding hydrogens is 388 g/mol. The van der Waals surface area contributed by atoms with Crippen LogP contribution in [0.5, 0.6) is 5.75 Å². The van der Waals surface area contributed by atoms with Gasteiger partial charge < -0.3 is 15.0 Å². The summed E-state index contributed by atoms with van der Waals surface area (Å²) < 4.78 is 5.26. The number of aromatic nitrogens is 2. The van der Waals surface area contributed by atoms with Gasteiger partial charge in [0.05, 0.1) is 24.9 Å². The van der Waals surface area contributed by atoms with Gasteiger partial charge in [0.1, 0.15) is 11.4 Å². The summed E-state index contributed by atoms with van der Waals surface area (Å²) in [6, 6.07) is 16.1. The number of anilines is 2. The molecule has 31 heavy (non-hydrogen) atoms. The lowest BCUT2D eigenvalue weighted by atomic mass is 10.1. The number of aromatic amines is 1. The van der Waals surface area contributed by atoms with E-state index in [1.807, 2.05) is 24.3 Å². The van der Waals surface area contributed by atoms with E-state index in [1.165, 1.54) is 24.9 Å². The Kier molecular flexibility index (Phi) is 6.55. The fourth-order valence-corrected chi connectivity index (χ4v) is 4.11. The summed E-state index contributed by atoms with van der Waals surface area (Å²) in [6.45, 7) is 4.29. The molecule has 0 bridgehead atoms. The minimum absolute atomic E-state index is 0.0736. The Hall–Kier alpha value is -3.28. The SMILES string of the molecule is CCc1[nH]nc(-c2ccc(N3CCCCC3)cc2)c1NC(=O)Cc1cccc(OC)c1. The maximum absolute atomic E-state index is 12.8. The molecule has 0 aliphatic carbocycles. The number of benzene rings is 2. The summed E-state index contributed by atoms with van der Waals surface area (Å²) in [7, 11) is 1.63. The molecule has 2 aromatic carbocycles. The predicted octanol–water partition coefficient (Wildman–Crippen LogP) is 4.82. The van der Waals surface area contributed by atoms with Crippen molar-refractivity contribution in [2.24, 2.45) is 0 Å². The fourth-order valence-electron chi connectivity index (χ4n) is 4.11. The van der Waals surface area contributed by atoms with Gasteiger partial charge in [-0.05, 0) is 55.5 Å². The third-order valence-corrected chi connectivity index (χ3v) is 5.82. The van der Waals surface area contributed by atoms with Crippen molar-refractivity contribution in [2.75, 3.05) is 30.4 Å². The third kappa shape index (κ3) is 4.90. The van der Waals surface area contributed by atoms with Crippen molar-refractivity contribution in [2.45, 2.75) is 39.0 Å². The molecule has 4 rings (SSSR count). The van der Waals surface area contributed by atoms with E-state index >= 15 is 0 Å². The zero-order valence-corrected chi connectivity index (χ0v) is 18.3. The predicted molar refractivity (Wildman–Crippen MR) is 125 cm³/mol. The van der Waals surface area contributed by atoms with Crippen molar-refractivity contribution in [3.05, 3.63) is 59.8 Å². The van der Waals surface area contributed by atoms with Crippen LogP contribution in [-0.4, -0.2) is 36.3 Å². The first kappa shape index (κ1) is 21.0. The van der Waals surface area contributed by atoms with E-state index in [0.717, 1.165) is 53.5 Å². The van der Waals surface area contributed by atoms with Crippen LogP contribution in [0.1, 0.15) is 37.4 Å². The molecule has 1 aliphatic heterocycles. The van der Waals surface area contributed by atoms with Gasteiger partial charge in [-0.3, -0.25) is 9.89 Å². The van der Waals surface area contributed by atoms with Gasteiger partial charge in [0.2, 0.25) is 5.91 Å². The van der Waals surface area contributed by atoms with Crippen LogP contribution in [-0.2, 0) is 17.6 Å². The molecule has 1 aromatic heterocycles. The molecule has 1 amide bonds. The van der Waals surface area contributed by atoms with Crippen molar-refractivity contribution in [1.82, 2.24) is 10.2 Å². The van der Waals surface area contributed by atoms with Gasteiger partial charge in [-0.15, -0.1) is 0 Å². The first-order chi connectivity index (χ1) is 15.2. The number of rotatable bonds is 7. The second-order valence-electron chi connectivity index (χ2n) is 7.95. The topological polar surface area (TPSA) is 70.2 Å². The number of piperidine rings is 1. The number of carbonyl (C=O) groups is 1. The van der Waals surface area contributed by atoms with Crippen molar-refractivity contribution in [3.8, 4) is 17.0 Å². The molecule has 3 aromatic rings. The average molecular weight is 419 g/mol. The number of hydrogen-bond acceptors (Lipinski definition) is 4. The Morgan fingerprint density at radius 3 is 2.61 bits per heavy atom. The van der Waals surface area contributed by atoms with Crippen molar-refractivity contribution in [1.29, 1.82) is 0 Å². The lowest BCUT2D eigenvalue weighted by Gasteiger charge is -2.28. The van der Waals surface area contributed by atoms with Crippen LogP contribution < -0.4 is 15.0 Å². The molecule has 2 N–H and O–H groups in total. The van der Waals surface area contributed by atoms with Crippen molar-refractivity contribution >= 4 is 17.3 Å². The van der Waals surface area contributed by atoms with E-state index in [2.05, 4.69) is 51.6 Å². The molecule has 0 saturated carbocycles. The summed E-state index contributed by atoms with van der Waals surface area (Å²) in [6.07, 6.45) is 4.86. The molecule has 1 aliphatic rings. The Balaban J connectivity index is 1.52. The van der Waals surface area contributed by atoms with Gasteiger partial charge in [0.25, 0.3) is 0 Å². The van der Waals surface area contributed by atoms with Crippen LogP contribution in [0.15, 0.2) is 48.5 Å². The summed E-state index contributed by atoms with van der Waals surface area (Å²) in [5.74, 6) is 0.674. The van der Waals surface area contributed by atoms with Gasteiger partial charge in [0.15, 0.2) is 0 Å². The lowest BCUT2D eigenvalue weighted by Crippen LogP contribution is -2.29. The highest BCUT2D eigenvalue weighted by molar-refractivity contribution is 5.96. The molecule has 6 heteroatoms. The van der Waals surface area contributed by atoms with Gasteiger partial charge >= 0.3 is 0 Å². The second kappa shape index (κ2) is 9.69. The van der Waals surface area contributed by atoms with E-state index < -0.39 is 0 Å². The number of nitrogens with one attached hydrogen (secondary N) is 2. The highest BCUT2D eigenvalue weighted by Gasteiger charge is 2.18. The normalized spacial score (nSPS) is 13.8. The molecule has 1 saturated heterocycles. The quantitative estimate of drug-likeness (QED) is 0.577. The average Bonchev–Trinajstić information content (AvgIpc) is 3.22. The van der Waals surface area contributed by atoms with Crippen molar-refractivity contribution < 1.29 is 9.53 Å². The van der Waals surface area contributed by atoms with E-state index in [9.17, 15) is 4.79 Å². The molecule has 0 radical (unpaired) electrons. The number of hydrogen-bond donors (Lipinski definition) is 2. The molecular formula is C25H30N4O2. The standard InChI is InChI=1S/C25H30N4O2/c1-3-22-25(26-23(30)17-18-8-7-9-21(16-18)31-2)24(28-27-22)19-10-12-20(13-11-19)29-14-5-4-6-15-29/h7-13,16H,3-6,14-15,17H2,1-2H3,(H,26,30)(H,27,28). The monoisotopic (exact) mass is 418 g/mol. The van der Waals surface area contributed by atoms with Crippen LogP contribution >= 0.6 is 0 Å². The summed E-state index contributed by atoms with van der Waals surface area (Å²) in [5, 5.41) is 10.7. The van der Waals surface area contributed by atoms with Crippen molar-refractivity contribution in [3.63, 3.8) is 0 Å². The van der Waals surface area contributed by atoms with Crippen LogP contribution in [0.2, 0.25) is 0 Å². The number of aryl methyl sites for hydroxylation is 1. The first-order valence-corrected chi connectivity index (χ1v) is 11.0. The largest absolute Gasteiger partial charge is 0.497 e. The minimum atomic E-state index is -0.0736. The lowest BCUT2D eigenvalue weighted by molar-refractivity contribution is -0.115. The van der Waals surface area contributed by atoms with E-state index in [4.69, 9.17) is 4.74 Å². The Morgan fingerprint density at radius 2 is 1.90 bits per heavy atom. The third-order valence-electron chi connectivity index (χ3n) is 5.82. The zero-order valence-electron chi connectivity index (χ0n) is 18.3. The number of methoxy groups -OCH3 is 1. The van der Waals surface area contributed by atoms with Crippen LogP contribution in [0, 0.1) is 0 Å². The highest BCUT2D eigenvalue weighted by Crippen LogP contribution is 2.31. The van der Waals surface area contributed by atoms with Crippen LogP contribution in [0.4, 0.5) is 11.4 Å². The van der Waals surface area contributed by atoms with Crippen LogP contribution in [0.25, 0.3) is 11.3 Å². The number of ether oxygens (including phenoxy) is 1. The Morgan fingerprint density at radius 1 is 1.13 bits per heavy atom. The number of carbonyl (C=O) groups excluding carboxylic acids is 1. The molecule has 162 valence electrons. The molecule has 2 heterocycles.